The molecule has 1 saturated carbocycles. The second-order valence-electron chi connectivity index (χ2n) is 10.5. The van der Waals surface area contributed by atoms with E-state index in [0.717, 1.165) is 30.6 Å². The lowest BCUT2D eigenvalue weighted by atomic mass is 10.00. The lowest BCUT2D eigenvalue weighted by Gasteiger charge is -2.37. The average Bonchev–Trinajstić information content (AvgIpc) is 3.63. The molecule has 1 fully saturated rings. The maximum absolute atomic E-state index is 13.8. The zero-order chi connectivity index (χ0) is 26.6. The quantitative estimate of drug-likeness (QED) is 0.324. The van der Waals surface area contributed by atoms with Gasteiger partial charge in [-0.1, -0.05) is 32.0 Å². The molecule has 0 saturated heterocycles. The Kier molecular flexibility index (Phi) is 8.03. The van der Waals surface area contributed by atoms with Crippen LogP contribution in [0, 0.1) is 5.92 Å². The Bertz CT molecular complexity index is 1260. The molecular formula is C31H36N2O4S. The van der Waals surface area contributed by atoms with Gasteiger partial charge in [0.2, 0.25) is 5.91 Å². The Morgan fingerprint density at radius 3 is 2.58 bits per heavy atom. The molecule has 1 aliphatic heterocycles. The summed E-state index contributed by atoms with van der Waals surface area (Å²) in [5.74, 6) is 2.19. The highest BCUT2D eigenvalue weighted by molar-refractivity contribution is 7.10. The van der Waals surface area contributed by atoms with E-state index < -0.39 is 0 Å². The summed E-state index contributed by atoms with van der Waals surface area (Å²) in [5, 5.41) is 2.09. The molecule has 1 aromatic heterocycles. The third kappa shape index (κ3) is 6.04. The minimum Gasteiger partial charge on any atom is -0.497 e. The first kappa shape index (κ1) is 26.3. The summed E-state index contributed by atoms with van der Waals surface area (Å²) in [6.45, 7) is 6.00. The third-order valence-corrected chi connectivity index (χ3v) is 8.47. The number of fused-ring (bicyclic) bond motifs is 1. The number of amides is 2. The minimum atomic E-state index is -0.183. The summed E-state index contributed by atoms with van der Waals surface area (Å²) in [4.78, 5) is 32.2. The Hall–Kier alpha value is -3.32. The largest absolute Gasteiger partial charge is 0.497 e. The molecule has 2 aliphatic rings. The van der Waals surface area contributed by atoms with Crippen LogP contribution in [0.3, 0.4) is 0 Å². The molecule has 2 aromatic carbocycles. The van der Waals surface area contributed by atoms with Crippen LogP contribution in [0.25, 0.3) is 0 Å². The van der Waals surface area contributed by atoms with E-state index in [2.05, 4.69) is 37.4 Å². The first-order valence-corrected chi connectivity index (χ1v) is 14.3. The van der Waals surface area contributed by atoms with Gasteiger partial charge in [-0.3, -0.25) is 9.59 Å². The molecule has 5 rings (SSSR count). The summed E-state index contributed by atoms with van der Waals surface area (Å²) in [5.41, 5.74) is 2.96. The molecule has 6 nitrogen and oxygen atoms in total. The van der Waals surface area contributed by atoms with Crippen LogP contribution in [0.1, 0.15) is 65.0 Å². The van der Waals surface area contributed by atoms with Crippen LogP contribution in [-0.4, -0.2) is 55.0 Å². The second kappa shape index (κ2) is 11.6. The normalized spacial score (nSPS) is 16.7. The first-order valence-electron chi connectivity index (χ1n) is 13.4. The summed E-state index contributed by atoms with van der Waals surface area (Å²) in [6, 6.07) is 17.3. The van der Waals surface area contributed by atoms with Crippen molar-refractivity contribution in [3.8, 4) is 11.5 Å². The highest BCUT2D eigenvalue weighted by Gasteiger charge is 2.35. The van der Waals surface area contributed by atoms with Crippen LogP contribution in [0.2, 0.25) is 0 Å². The van der Waals surface area contributed by atoms with Crippen molar-refractivity contribution in [2.24, 2.45) is 5.92 Å². The topological polar surface area (TPSA) is 59.1 Å². The van der Waals surface area contributed by atoms with Gasteiger partial charge in [-0.2, -0.15) is 0 Å². The highest BCUT2D eigenvalue weighted by Crippen LogP contribution is 2.35. The maximum Gasteiger partial charge on any atom is 0.254 e. The number of ether oxygens (including phenoxy) is 2. The van der Waals surface area contributed by atoms with E-state index in [9.17, 15) is 9.59 Å². The first-order chi connectivity index (χ1) is 18.4. The zero-order valence-corrected chi connectivity index (χ0v) is 23.2. The van der Waals surface area contributed by atoms with E-state index in [4.69, 9.17) is 9.47 Å². The van der Waals surface area contributed by atoms with Crippen molar-refractivity contribution < 1.29 is 19.1 Å². The van der Waals surface area contributed by atoms with Crippen molar-refractivity contribution in [3.63, 3.8) is 0 Å². The van der Waals surface area contributed by atoms with Crippen LogP contribution in [-0.2, 0) is 11.2 Å². The molecule has 0 bridgehead atoms. The Labute approximate surface area is 229 Å². The van der Waals surface area contributed by atoms with Crippen LogP contribution in [0.15, 0.2) is 60.0 Å². The number of benzene rings is 2. The van der Waals surface area contributed by atoms with Gasteiger partial charge in [0.25, 0.3) is 5.91 Å². The number of thiophene rings is 1. The van der Waals surface area contributed by atoms with E-state index in [0.29, 0.717) is 42.8 Å². The lowest BCUT2D eigenvalue weighted by molar-refractivity contribution is -0.135. The summed E-state index contributed by atoms with van der Waals surface area (Å²) >= 11 is 1.74. The number of hydrogen-bond acceptors (Lipinski definition) is 5. The maximum atomic E-state index is 13.8. The van der Waals surface area contributed by atoms with E-state index in [1.165, 1.54) is 10.4 Å². The van der Waals surface area contributed by atoms with E-state index in [1.807, 2.05) is 29.2 Å². The predicted molar refractivity (Wildman–Crippen MR) is 150 cm³/mol. The van der Waals surface area contributed by atoms with Gasteiger partial charge in [-0.15, -0.1) is 11.3 Å². The van der Waals surface area contributed by atoms with Gasteiger partial charge in [-0.05, 0) is 84.0 Å². The Morgan fingerprint density at radius 1 is 1.08 bits per heavy atom. The van der Waals surface area contributed by atoms with Crippen molar-refractivity contribution in [1.82, 2.24) is 9.80 Å². The molecule has 0 unspecified atom stereocenters. The molecule has 0 spiro atoms. The third-order valence-electron chi connectivity index (χ3n) is 7.48. The van der Waals surface area contributed by atoms with Crippen molar-refractivity contribution in [2.75, 3.05) is 33.4 Å². The zero-order valence-electron chi connectivity index (χ0n) is 22.4. The molecule has 200 valence electrons. The number of hydrogen-bond donors (Lipinski definition) is 0. The van der Waals surface area contributed by atoms with E-state index in [-0.39, 0.29) is 24.4 Å². The number of carbonyl (C=O) groups excluding carboxylic acids is 2. The van der Waals surface area contributed by atoms with Gasteiger partial charge in [0.15, 0.2) is 0 Å². The molecule has 7 heteroatoms. The second-order valence-corrected chi connectivity index (χ2v) is 11.5. The predicted octanol–water partition coefficient (Wildman–Crippen LogP) is 5.94. The number of nitrogens with zero attached hydrogens (tertiary/aromatic N) is 2. The van der Waals surface area contributed by atoms with Crippen LogP contribution >= 0.6 is 11.3 Å². The van der Waals surface area contributed by atoms with Gasteiger partial charge < -0.3 is 19.3 Å². The molecule has 1 aliphatic carbocycles. The summed E-state index contributed by atoms with van der Waals surface area (Å²) < 4.78 is 11.5. The molecule has 1 atom stereocenters. The molecule has 2 heterocycles. The summed E-state index contributed by atoms with van der Waals surface area (Å²) in [7, 11) is 1.59. The van der Waals surface area contributed by atoms with E-state index >= 15 is 0 Å². The highest BCUT2D eigenvalue weighted by atomic mass is 32.1. The van der Waals surface area contributed by atoms with Gasteiger partial charge in [0.05, 0.1) is 13.2 Å². The van der Waals surface area contributed by atoms with Gasteiger partial charge >= 0.3 is 0 Å². The Balaban J connectivity index is 1.32. The molecule has 2 amide bonds. The van der Waals surface area contributed by atoms with E-state index in [1.54, 1.807) is 35.5 Å². The van der Waals surface area contributed by atoms with Crippen molar-refractivity contribution in [1.29, 1.82) is 0 Å². The Morgan fingerprint density at radius 2 is 1.87 bits per heavy atom. The summed E-state index contributed by atoms with van der Waals surface area (Å²) in [6.07, 6.45) is 3.03. The number of rotatable bonds is 10. The van der Waals surface area contributed by atoms with Crippen molar-refractivity contribution >= 4 is 23.2 Å². The fraction of sp³-hybridized carbons (Fsp3) is 0.419. The van der Waals surface area contributed by atoms with Gasteiger partial charge in [-0.25, -0.2) is 0 Å². The molecule has 38 heavy (non-hydrogen) atoms. The molecular weight excluding hydrogens is 496 g/mol. The van der Waals surface area contributed by atoms with Crippen LogP contribution in [0.4, 0.5) is 0 Å². The van der Waals surface area contributed by atoms with Gasteiger partial charge in [0, 0.05) is 23.5 Å². The van der Waals surface area contributed by atoms with Crippen molar-refractivity contribution in [2.45, 2.75) is 45.1 Å². The van der Waals surface area contributed by atoms with Crippen LogP contribution in [0.5, 0.6) is 11.5 Å². The van der Waals surface area contributed by atoms with Gasteiger partial charge in [0.1, 0.15) is 24.7 Å². The fourth-order valence-corrected chi connectivity index (χ4v) is 5.95. The average molecular weight is 533 g/mol. The fourth-order valence-electron chi connectivity index (χ4n) is 5.02. The van der Waals surface area contributed by atoms with Crippen LogP contribution < -0.4 is 9.47 Å². The standard InChI is InChI=1S/C31H36N2O4S/c1-21(2)23-9-11-25(12-10-23)37-20-28-27-14-16-38-29(27)13-15-33(28)30(34)19-32(18-22-7-8-22)31(35)24-5-4-6-26(17-24)36-3/h4-6,9-12,14,16-17,21-22,28H,7-8,13,15,18-20H2,1-3H3/t28-/m1/s1. The number of carbonyl (C=O) groups is 2. The molecule has 0 N–H and O–H groups in total. The SMILES string of the molecule is COc1cccc(C(=O)N(CC(=O)N2CCc3sccc3[C@H]2COc2ccc(C(C)C)cc2)CC2CC2)c1. The minimum absolute atomic E-state index is 0.0394. The molecule has 3 aromatic rings. The van der Waals surface area contributed by atoms with Crippen molar-refractivity contribution in [3.05, 3.63) is 81.5 Å². The monoisotopic (exact) mass is 532 g/mol. The molecule has 0 radical (unpaired) electrons. The lowest BCUT2D eigenvalue weighted by Crippen LogP contribution is -2.48. The smallest absolute Gasteiger partial charge is 0.254 e. The number of methoxy groups -OCH3 is 1.